The second-order valence-corrected chi connectivity index (χ2v) is 6.09. The Kier molecular flexibility index (Phi) is 9.84. The summed E-state index contributed by atoms with van der Waals surface area (Å²) in [5.41, 5.74) is -1.52. The van der Waals surface area contributed by atoms with Crippen molar-refractivity contribution in [3.63, 3.8) is 0 Å². The Morgan fingerprint density at radius 1 is 1.29 bits per heavy atom. The maximum absolute atomic E-state index is 13.7. The van der Waals surface area contributed by atoms with Crippen LogP contribution in [-0.2, 0) is 4.74 Å². The van der Waals surface area contributed by atoms with Gasteiger partial charge in [0.2, 0.25) is 0 Å². The highest BCUT2D eigenvalue weighted by Crippen LogP contribution is 2.28. The van der Waals surface area contributed by atoms with E-state index in [1.54, 1.807) is 6.92 Å². The Morgan fingerprint density at radius 2 is 1.97 bits per heavy atom. The van der Waals surface area contributed by atoms with Crippen molar-refractivity contribution in [2.45, 2.75) is 25.9 Å². The molecule has 0 heterocycles. The van der Waals surface area contributed by atoms with Gasteiger partial charge in [-0.25, -0.2) is 13.2 Å². The molecule has 0 saturated heterocycles. The molecule has 1 rings (SSSR count). The molecule has 5 nitrogen and oxygen atoms in total. The van der Waals surface area contributed by atoms with Crippen LogP contribution in [0.4, 0.5) is 32.0 Å². The quantitative estimate of drug-likeness (QED) is 0.194. The van der Waals surface area contributed by atoms with Crippen molar-refractivity contribution < 1.29 is 31.1 Å². The first-order valence-corrected chi connectivity index (χ1v) is 8.93. The fourth-order valence-electron chi connectivity index (χ4n) is 2.31. The lowest BCUT2D eigenvalue weighted by Gasteiger charge is -2.18. The number of rotatable bonds is 12. The molecule has 0 unspecified atom stereocenters. The molecule has 0 spiro atoms. The van der Waals surface area contributed by atoms with Crippen molar-refractivity contribution in [1.29, 1.82) is 10.8 Å². The fourth-order valence-corrected chi connectivity index (χ4v) is 2.31. The van der Waals surface area contributed by atoms with E-state index < -0.39 is 30.7 Å². The van der Waals surface area contributed by atoms with E-state index in [-0.39, 0.29) is 41.3 Å². The minimum atomic E-state index is -4.93. The zero-order valence-corrected chi connectivity index (χ0v) is 16.5. The minimum Gasteiger partial charge on any atom is -0.494 e. The molecule has 0 amide bonds. The van der Waals surface area contributed by atoms with Crippen LogP contribution in [-0.4, -0.2) is 37.7 Å². The number of hydrogen-bond acceptors (Lipinski definition) is 5. The normalized spacial score (nSPS) is 12.5. The third-order valence-electron chi connectivity index (χ3n) is 3.66. The first-order valence-electron chi connectivity index (χ1n) is 8.93. The Labute approximate surface area is 175 Å². The van der Waals surface area contributed by atoms with Gasteiger partial charge >= 0.3 is 6.18 Å². The number of nitrogens with one attached hydrogen (secondary N) is 4. The van der Waals surface area contributed by atoms with Crippen LogP contribution in [0.25, 0.3) is 5.76 Å². The van der Waals surface area contributed by atoms with Crippen molar-refractivity contribution >= 4 is 23.4 Å². The number of alkyl halides is 5. The standard InChI is InChI=1S/C20H22F6N4O/c1-3-31-12(2)16-7-14(21)4-5-17(16)30-15(8-18(28)20(24,25)26)6-13(9-27)10-29-11-19(22)23/h4-5,7-10,19,27-30H,2-3,6,11H2,1H3/b13-10-,15-8-,27-9?,28-18?. The van der Waals surface area contributed by atoms with Crippen LogP contribution in [0, 0.1) is 16.6 Å². The van der Waals surface area contributed by atoms with E-state index in [2.05, 4.69) is 17.2 Å². The maximum atomic E-state index is 13.7. The van der Waals surface area contributed by atoms with Crippen LogP contribution in [0.3, 0.4) is 0 Å². The Balaban J connectivity index is 3.31. The summed E-state index contributed by atoms with van der Waals surface area (Å²) in [5, 5.41) is 19.6. The molecule has 0 radical (unpaired) electrons. The molecule has 0 saturated carbocycles. The minimum absolute atomic E-state index is 0.0571. The van der Waals surface area contributed by atoms with Gasteiger partial charge in [-0.15, -0.1) is 0 Å². The first-order chi connectivity index (χ1) is 14.5. The third-order valence-corrected chi connectivity index (χ3v) is 3.66. The van der Waals surface area contributed by atoms with Gasteiger partial charge in [0, 0.05) is 35.8 Å². The molecular formula is C20H22F6N4O. The van der Waals surface area contributed by atoms with Gasteiger partial charge in [-0.2, -0.15) is 13.2 Å². The third kappa shape index (κ3) is 8.97. The van der Waals surface area contributed by atoms with E-state index in [4.69, 9.17) is 15.6 Å². The molecule has 0 aliphatic carbocycles. The van der Waals surface area contributed by atoms with Gasteiger partial charge in [-0.1, -0.05) is 6.58 Å². The predicted octanol–water partition coefficient (Wildman–Crippen LogP) is 5.49. The highest BCUT2D eigenvalue weighted by molar-refractivity contribution is 5.98. The lowest BCUT2D eigenvalue weighted by molar-refractivity contribution is -0.0584. The summed E-state index contributed by atoms with van der Waals surface area (Å²) in [6.45, 7) is 4.83. The monoisotopic (exact) mass is 448 g/mol. The summed E-state index contributed by atoms with van der Waals surface area (Å²) in [4.78, 5) is 0. The summed E-state index contributed by atoms with van der Waals surface area (Å²) < 4.78 is 82.2. The summed E-state index contributed by atoms with van der Waals surface area (Å²) >= 11 is 0. The van der Waals surface area contributed by atoms with Gasteiger partial charge < -0.3 is 20.8 Å². The smallest absolute Gasteiger partial charge is 0.432 e. The number of hydrogen-bond donors (Lipinski definition) is 4. The maximum Gasteiger partial charge on any atom is 0.432 e. The summed E-state index contributed by atoms with van der Waals surface area (Å²) in [5.74, 6) is -0.567. The van der Waals surface area contributed by atoms with Crippen molar-refractivity contribution in [3.05, 3.63) is 59.7 Å². The largest absolute Gasteiger partial charge is 0.494 e. The molecule has 170 valence electrons. The summed E-state index contributed by atoms with van der Waals surface area (Å²) in [7, 11) is 0. The van der Waals surface area contributed by atoms with Crippen molar-refractivity contribution in [3.8, 4) is 0 Å². The lowest BCUT2D eigenvalue weighted by Crippen LogP contribution is -2.21. The molecule has 1 aromatic carbocycles. The average Bonchev–Trinajstić information content (AvgIpc) is 2.67. The predicted molar refractivity (Wildman–Crippen MR) is 108 cm³/mol. The molecule has 0 aliphatic heterocycles. The van der Waals surface area contributed by atoms with E-state index in [1.165, 1.54) is 6.07 Å². The van der Waals surface area contributed by atoms with Crippen LogP contribution in [0.5, 0.6) is 0 Å². The molecule has 0 aliphatic rings. The molecular weight excluding hydrogens is 426 g/mol. The molecule has 0 aromatic heterocycles. The highest BCUT2D eigenvalue weighted by Gasteiger charge is 2.33. The zero-order valence-electron chi connectivity index (χ0n) is 16.5. The average molecular weight is 448 g/mol. The fraction of sp³-hybridized carbons (Fsp3) is 0.300. The molecule has 11 heteroatoms. The summed E-state index contributed by atoms with van der Waals surface area (Å²) in [6, 6.07) is 3.39. The van der Waals surface area contributed by atoms with Gasteiger partial charge in [0.15, 0.2) is 0 Å². The Hall–Kier alpha value is -3.24. The van der Waals surface area contributed by atoms with Crippen molar-refractivity contribution in [2.24, 2.45) is 0 Å². The molecule has 31 heavy (non-hydrogen) atoms. The molecule has 4 N–H and O–H groups in total. The number of halogens is 6. The van der Waals surface area contributed by atoms with Crippen molar-refractivity contribution in [2.75, 3.05) is 18.5 Å². The van der Waals surface area contributed by atoms with Gasteiger partial charge in [0.1, 0.15) is 17.3 Å². The van der Waals surface area contributed by atoms with Gasteiger partial charge in [-0.3, -0.25) is 5.41 Å². The Morgan fingerprint density at radius 3 is 2.52 bits per heavy atom. The second kappa shape index (κ2) is 11.8. The zero-order chi connectivity index (χ0) is 23.6. The van der Waals surface area contributed by atoms with Gasteiger partial charge in [0.05, 0.1) is 13.2 Å². The van der Waals surface area contributed by atoms with E-state index in [1.807, 2.05) is 0 Å². The van der Waals surface area contributed by atoms with Crippen LogP contribution in [0.2, 0.25) is 0 Å². The molecule has 0 atom stereocenters. The van der Waals surface area contributed by atoms with Crippen LogP contribution >= 0.6 is 0 Å². The van der Waals surface area contributed by atoms with E-state index in [0.29, 0.717) is 6.08 Å². The topological polar surface area (TPSA) is 81.0 Å². The van der Waals surface area contributed by atoms with Crippen LogP contribution in [0.1, 0.15) is 18.9 Å². The number of ether oxygens (including phenoxy) is 1. The second-order valence-electron chi connectivity index (χ2n) is 6.09. The SMILES string of the molecule is C=C(OCC)c1cc(F)ccc1N/C(=C\C(=N)C(F)(F)F)C/C(C=N)=C/NCC(F)F. The van der Waals surface area contributed by atoms with E-state index >= 15 is 0 Å². The molecule has 1 aromatic rings. The number of anilines is 1. The molecule has 0 fully saturated rings. The van der Waals surface area contributed by atoms with Crippen LogP contribution in [0.15, 0.2) is 48.3 Å². The number of benzene rings is 1. The molecule has 0 bridgehead atoms. The van der Waals surface area contributed by atoms with E-state index in [9.17, 15) is 26.3 Å². The Bertz CT molecular complexity index is 862. The summed E-state index contributed by atoms with van der Waals surface area (Å²) in [6.07, 6.45) is -5.60. The van der Waals surface area contributed by atoms with Gasteiger partial charge in [-0.05, 0) is 36.8 Å². The van der Waals surface area contributed by atoms with Crippen molar-refractivity contribution in [1.82, 2.24) is 5.32 Å². The lowest BCUT2D eigenvalue weighted by atomic mass is 10.1. The van der Waals surface area contributed by atoms with Crippen LogP contribution < -0.4 is 10.6 Å². The van der Waals surface area contributed by atoms with Gasteiger partial charge in [0.25, 0.3) is 6.43 Å². The van der Waals surface area contributed by atoms with E-state index in [0.717, 1.165) is 24.5 Å². The first kappa shape index (κ1) is 25.8. The highest BCUT2D eigenvalue weighted by atomic mass is 19.4. The number of allylic oxidation sites excluding steroid dienone is 2.